The van der Waals surface area contributed by atoms with Crippen LogP contribution in [0.5, 0.6) is 5.75 Å². The summed E-state index contributed by atoms with van der Waals surface area (Å²) in [5.74, 6) is 2.21. The molecule has 0 aromatic carbocycles. The third kappa shape index (κ3) is 5.17. The Bertz CT molecular complexity index is 592. The second kappa shape index (κ2) is 8.39. The van der Waals surface area contributed by atoms with Gasteiger partial charge in [0.25, 0.3) is 0 Å². The summed E-state index contributed by atoms with van der Waals surface area (Å²) in [6.07, 6.45) is 6.70. The molecule has 1 heterocycles. The summed E-state index contributed by atoms with van der Waals surface area (Å²) in [5, 5.41) is 21.3. The van der Waals surface area contributed by atoms with Crippen LogP contribution >= 0.6 is 11.8 Å². The fraction of sp³-hybridized carbons (Fsp3) is 0.429. The molecule has 1 atom stereocenters. The quantitative estimate of drug-likeness (QED) is 0.472. The van der Waals surface area contributed by atoms with Crippen molar-refractivity contribution in [2.75, 3.05) is 18.1 Å². The van der Waals surface area contributed by atoms with Crippen molar-refractivity contribution in [1.82, 2.24) is 9.88 Å². The lowest BCUT2D eigenvalue weighted by molar-refractivity contribution is -0.138. The fourth-order valence-corrected chi connectivity index (χ4v) is 2.66. The van der Waals surface area contributed by atoms with Gasteiger partial charge < -0.3 is 14.8 Å². The standard InChI is InChI=1S/C14H18N2O4S/c1-3-5-15-11(14(19)20)9-21-8-7-16-6-4-12(17)13(18)10(16)2/h1,4,6,11,15,18H,5,7-9H2,2H3,(H,19,20). The molecule has 0 aliphatic rings. The third-order valence-electron chi connectivity index (χ3n) is 2.92. The van der Waals surface area contributed by atoms with Gasteiger partial charge in [0.15, 0.2) is 5.75 Å². The molecular formula is C14H18N2O4S. The molecule has 1 aromatic rings. The molecule has 0 saturated carbocycles. The van der Waals surface area contributed by atoms with Gasteiger partial charge in [-0.15, -0.1) is 6.42 Å². The van der Waals surface area contributed by atoms with E-state index in [2.05, 4.69) is 11.2 Å². The molecule has 1 rings (SSSR count). The highest BCUT2D eigenvalue weighted by molar-refractivity contribution is 7.99. The van der Waals surface area contributed by atoms with E-state index in [-0.39, 0.29) is 12.3 Å². The monoisotopic (exact) mass is 310 g/mol. The molecule has 1 unspecified atom stereocenters. The summed E-state index contributed by atoms with van der Waals surface area (Å²) in [6.45, 7) is 2.45. The van der Waals surface area contributed by atoms with E-state index in [1.165, 1.54) is 17.8 Å². The molecule has 0 spiro atoms. The van der Waals surface area contributed by atoms with Crippen LogP contribution in [0, 0.1) is 19.3 Å². The van der Waals surface area contributed by atoms with E-state index in [9.17, 15) is 14.7 Å². The fourth-order valence-electron chi connectivity index (χ4n) is 1.67. The van der Waals surface area contributed by atoms with Crippen molar-refractivity contribution in [3.8, 4) is 18.1 Å². The van der Waals surface area contributed by atoms with Crippen LogP contribution in [0.2, 0.25) is 0 Å². The highest BCUT2D eigenvalue weighted by atomic mass is 32.2. The van der Waals surface area contributed by atoms with Crippen molar-refractivity contribution >= 4 is 17.7 Å². The number of nitrogens with zero attached hydrogens (tertiary/aromatic N) is 1. The van der Waals surface area contributed by atoms with Crippen molar-refractivity contribution in [3.63, 3.8) is 0 Å². The van der Waals surface area contributed by atoms with Crippen LogP contribution in [0.15, 0.2) is 17.1 Å². The van der Waals surface area contributed by atoms with Gasteiger partial charge in [0.1, 0.15) is 6.04 Å². The van der Waals surface area contributed by atoms with Gasteiger partial charge in [0, 0.05) is 30.3 Å². The predicted molar refractivity (Wildman–Crippen MR) is 82.7 cm³/mol. The van der Waals surface area contributed by atoms with Gasteiger partial charge in [0.2, 0.25) is 5.43 Å². The predicted octanol–water partition coefficient (Wildman–Crippen LogP) is 0.272. The topological polar surface area (TPSA) is 91.6 Å². The summed E-state index contributed by atoms with van der Waals surface area (Å²) in [4.78, 5) is 22.2. The molecule has 0 aliphatic carbocycles. The zero-order valence-electron chi connectivity index (χ0n) is 11.7. The van der Waals surface area contributed by atoms with Crippen molar-refractivity contribution in [1.29, 1.82) is 0 Å². The van der Waals surface area contributed by atoms with Crippen LogP contribution in [0.4, 0.5) is 0 Å². The molecular weight excluding hydrogens is 292 g/mol. The van der Waals surface area contributed by atoms with Gasteiger partial charge in [-0.25, -0.2) is 0 Å². The van der Waals surface area contributed by atoms with Crippen LogP contribution in [0.25, 0.3) is 0 Å². The number of carbonyl (C=O) groups is 1. The van der Waals surface area contributed by atoms with Gasteiger partial charge in [-0.2, -0.15) is 11.8 Å². The van der Waals surface area contributed by atoms with Gasteiger partial charge in [-0.3, -0.25) is 14.9 Å². The molecule has 0 aliphatic heterocycles. The van der Waals surface area contributed by atoms with E-state index < -0.39 is 17.4 Å². The average Bonchev–Trinajstić information content (AvgIpc) is 2.45. The molecule has 0 amide bonds. The number of aromatic hydroxyl groups is 1. The first-order chi connectivity index (χ1) is 9.97. The summed E-state index contributed by atoms with van der Waals surface area (Å²) in [5.41, 5.74) is 0.101. The Morgan fingerprint density at radius 3 is 2.95 bits per heavy atom. The van der Waals surface area contributed by atoms with E-state index >= 15 is 0 Å². The van der Waals surface area contributed by atoms with Gasteiger partial charge >= 0.3 is 5.97 Å². The molecule has 3 N–H and O–H groups in total. The van der Waals surface area contributed by atoms with Crippen molar-refractivity contribution < 1.29 is 15.0 Å². The second-order valence-electron chi connectivity index (χ2n) is 4.36. The number of aromatic nitrogens is 1. The SMILES string of the molecule is C#CCNC(CSCCn1ccc(=O)c(O)c1C)C(=O)O. The highest BCUT2D eigenvalue weighted by Gasteiger charge is 2.15. The van der Waals surface area contributed by atoms with Crippen molar-refractivity contribution in [2.45, 2.75) is 19.5 Å². The molecule has 7 heteroatoms. The maximum absolute atomic E-state index is 11.2. The lowest BCUT2D eigenvalue weighted by Gasteiger charge is -2.14. The minimum Gasteiger partial charge on any atom is -0.503 e. The Morgan fingerprint density at radius 1 is 1.62 bits per heavy atom. The molecule has 0 bridgehead atoms. The molecule has 1 aromatic heterocycles. The first-order valence-electron chi connectivity index (χ1n) is 6.33. The summed E-state index contributed by atoms with van der Waals surface area (Å²) in [7, 11) is 0. The Hall–Kier alpha value is -1.91. The number of terminal acetylenes is 1. The number of carboxylic acids is 1. The number of nitrogens with one attached hydrogen (secondary N) is 1. The van der Waals surface area contributed by atoms with Crippen LogP contribution in [-0.4, -0.2) is 44.8 Å². The third-order valence-corrected chi connectivity index (χ3v) is 3.96. The summed E-state index contributed by atoms with van der Waals surface area (Å²) in [6, 6.07) is 0.621. The summed E-state index contributed by atoms with van der Waals surface area (Å²) < 4.78 is 1.76. The number of pyridine rings is 1. The van der Waals surface area contributed by atoms with E-state index in [0.29, 0.717) is 23.7 Å². The van der Waals surface area contributed by atoms with Gasteiger partial charge in [-0.1, -0.05) is 5.92 Å². The Balaban J connectivity index is 2.47. The van der Waals surface area contributed by atoms with Crippen LogP contribution in [0.3, 0.4) is 0 Å². The van der Waals surface area contributed by atoms with Gasteiger partial charge in [0.05, 0.1) is 12.2 Å². The zero-order valence-corrected chi connectivity index (χ0v) is 12.5. The first kappa shape index (κ1) is 17.1. The van der Waals surface area contributed by atoms with E-state index in [4.69, 9.17) is 11.5 Å². The Kier molecular flexibility index (Phi) is 6.85. The first-order valence-corrected chi connectivity index (χ1v) is 7.49. The maximum Gasteiger partial charge on any atom is 0.321 e. The minimum absolute atomic E-state index is 0.213. The number of hydrogen-bond acceptors (Lipinski definition) is 5. The van der Waals surface area contributed by atoms with Crippen LogP contribution in [0.1, 0.15) is 5.69 Å². The Labute approximate surface area is 127 Å². The number of aliphatic carboxylic acids is 1. The normalized spacial score (nSPS) is 11.8. The summed E-state index contributed by atoms with van der Waals surface area (Å²) >= 11 is 1.46. The van der Waals surface area contributed by atoms with Crippen LogP contribution < -0.4 is 10.7 Å². The number of carboxylic acid groups (broad SMARTS) is 1. The average molecular weight is 310 g/mol. The molecule has 21 heavy (non-hydrogen) atoms. The number of rotatable bonds is 8. The number of hydrogen-bond donors (Lipinski definition) is 3. The van der Waals surface area contributed by atoms with E-state index in [1.54, 1.807) is 17.7 Å². The Morgan fingerprint density at radius 2 is 2.33 bits per heavy atom. The lowest BCUT2D eigenvalue weighted by atomic mass is 10.3. The zero-order chi connectivity index (χ0) is 15.8. The lowest BCUT2D eigenvalue weighted by Crippen LogP contribution is -2.39. The smallest absolute Gasteiger partial charge is 0.321 e. The molecule has 6 nitrogen and oxygen atoms in total. The van der Waals surface area contributed by atoms with Gasteiger partial charge in [-0.05, 0) is 6.92 Å². The number of thioether (sulfide) groups is 1. The highest BCUT2D eigenvalue weighted by Crippen LogP contribution is 2.11. The van der Waals surface area contributed by atoms with Crippen molar-refractivity contribution in [2.24, 2.45) is 0 Å². The van der Waals surface area contributed by atoms with E-state index in [0.717, 1.165) is 0 Å². The minimum atomic E-state index is -0.935. The number of aryl methyl sites for hydroxylation is 1. The second-order valence-corrected chi connectivity index (χ2v) is 5.51. The largest absolute Gasteiger partial charge is 0.503 e. The van der Waals surface area contributed by atoms with E-state index in [1.807, 2.05) is 0 Å². The molecule has 0 saturated heterocycles. The maximum atomic E-state index is 11.2. The van der Waals surface area contributed by atoms with Crippen LogP contribution in [-0.2, 0) is 11.3 Å². The molecule has 114 valence electrons. The molecule has 0 fully saturated rings. The van der Waals surface area contributed by atoms with Crippen molar-refractivity contribution in [3.05, 3.63) is 28.2 Å². The molecule has 0 radical (unpaired) electrons.